The van der Waals surface area contributed by atoms with E-state index in [-0.39, 0.29) is 5.91 Å². The highest BCUT2D eigenvalue weighted by atomic mass is 16.2. The fraction of sp³-hybridized carbons (Fsp3) is 0.583. The van der Waals surface area contributed by atoms with Crippen molar-refractivity contribution in [3.63, 3.8) is 0 Å². The Kier molecular flexibility index (Phi) is 5.50. The second-order valence-electron chi connectivity index (χ2n) is 4.36. The highest BCUT2D eigenvalue weighted by Crippen LogP contribution is 2.04. The lowest BCUT2D eigenvalue weighted by Gasteiger charge is -2.13. The summed E-state index contributed by atoms with van der Waals surface area (Å²) in [7, 11) is 1.85. The molecule has 1 rings (SSSR count). The number of nitrogens with zero attached hydrogens (tertiary/aromatic N) is 2. The SMILES string of the molecule is CCNC(=O)NC(=O)C(C)NCc1cn(C)nc1C. The summed E-state index contributed by atoms with van der Waals surface area (Å²) in [6.07, 6.45) is 1.90. The molecule has 0 aliphatic carbocycles. The van der Waals surface area contributed by atoms with Crippen molar-refractivity contribution in [1.82, 2.24) is 25.7 Å². The second kappa shape index (κ2) is 6.89. The molecule has 1 atom stereocenters. The third-order valence-corrected chi connectivity index (χ3v) is 2.68. The number of urea groups is 1. The smallest absolute Gasteiger partial charge is 0.321 e. The van der Waals surface area contributed by atoms with Gasteiger partial charge in [-0.1, -0.05) is 0 Å². The van der Waals surface area contributed by atoms with E-state index < -0.39 is 12.1 Å². The topological polar surface area (TPSA) is 88.0 Å². The van der Waals surface area contributed by atoms with Crippen LogP contribution in [0.4, 0.5) is 4.79 Å². The van der Waals surface area contributed by atoms with Crippen molar-refractivity contribution in [1.29, 1.82) is 0 Å². The molecule has 0 saturated carbocycles. The van der Waals surface area contributed by atoms with Crippen LogP contribution in [-0.4, -0.2) is 34.3 Å². The molecule has 0 fully saturated rings. The summed E-state index contributed by atoms with van der Waals surface area (Å²) in [5.41, 5.74) is 1.95. The van der Waals surface area contributed by atoms with E-state index in [0.717, 1.165) is 11.3 Å². The van der Waals surface area contributed by atoms with Gasteiger partial charge in [0.05, 0.1) is 11.7 Å². The maximum Gasteiger partial charge on any atom is 0.321 e. The highest BCUT2D eigenvalue weighted by Gasteiger charge is 2.15. The van der Waals surface area contributed by atoms with Crippen LogP contribution in [0.2, 0.25) is 0 Å². The van der Waals surface area contributed by atoms with Crippen LogP contribution >= 0.6 is 0 Å². The highest BCUT2D eigenvalue weighted by molar-refractivity contribution is 5.96. The minimum absolute atomic E-state index is 0.354. The van der Waals surface area contributed by atoms with Gasteiger partial charge in [-0.15, -0.1) is 0 Å². The quantitative estimate of drug-likeness (QED) is 0.703. The third kappa shape index (κ3) is 4.70. The van der Waals surface area contributed by atoms with Gasteiger partial charge >= 0.3 is 6.03 Å². The largest absolute Gasteiger partial charge is 0.338 e. The third-order valence-electron chi connectivity index (χ3n) is 2.68. The Morgan fingerprint density at radius 2 is 2.16 bits per heavy atom. The molecule has 0 spiro atoms. The van der Waals surface area contributed by atoms with Crippen molar-refractivity contribution in [3.8, 4) is 0 Å². The first-order valence-corrected chi connectivity index (χ1v) is 6.25. The zero-order chi connectivity index (χ0) is 14.4. The fourth-order valence-electron chi connectivity index (χ4n) is 1.60. The summed E-state index contributed by atoms with van der Waals surface area (Å²) >= 11 is 0. The number of aryl methyl sites for hydroxylation is 2. The second-order valence-corrected chi connectivity index (χ2v) is 4.36. The average molecular weight is 267 g/mol. The van der Waals surface area contributed by atoms with Gasteiger partial charge < -0.3 is 10.6 Å². The number of imide groups is 1. The summed E-state index contributed by atoms with van der Waals surface area (Å²) in [5.74, 6) is -0.354. The van der Waals surface area contributed by atoms with Crippen LogP contribution in [0.25, 0.3) is 0 Å². The molecule has 0 saturated heterocycles. The number of nitrogens with one attached hydrogen (secondary N) is 3. The van der Waals surface area contributed by atoms with Crippen molar-refractivity contribution in [2.24, 2.45) is 7.05 Å². The lowest BCUT2D eigenvalue weighted by molar-refractivity contribution is -0.121. The summed E-state index contributed by atoms with van der Waals surface area (Å²) in [6.45, 7) is 6.42. The summed E-state index contributed by atoms with van der Waals surface area (Å²) in [4.78, 5) is 22.9. The van der Waals surface area contributed by atoms with Crippen LogP contribution in [0.5, 0.6) is 0 Å². The minimum atomic E-state index is -0.473. The van der Waals surface area contributed by atoms with Gasteiger partial charge in [0.15, 0.2) is 0 Å². The van der Waals surface area contributed by atoms with E-state index in [4.69, 9.17) is 0 Å². The van der Waals surface area contributed by atoms with Crippen LogP contribution in [-0.2, 0) is 18.4 Å². The molecule has 0 bridgehead atoms. The first-order valence-electron chi connectivity index (χ1n) is 6.25. The number of carbonyl (C=O) groups is 2. The Bertz CT molecular complexity index is 455. The van der Waals surface area contributed by atoms with Crippen LogP contribution in [0.1, 0.15) is 25.1 Å². The number of amides is 3. The molecular weight excluding hydrogens is 246 g/mol. The lowest BCUT2D eigenvalue weighted by Crippen LogP contribution is -2.47. The summed E-state index contributed by atoms with van der Waals surface area (Å²) < 4.78 is 1.73. The van der Waals surface area contributed by atoms with Crippen LogP contribution in [0.3, 0.4) is 0 Å². The molecular formula is C12H21N5O2. The number of rotatable bonds is 5. The maximum atomic E-state index is 11.7. The van der Waals surface area contributed by atoms with Crippen molar-refractivity contribution in [3.05, 3.63) is 17.5 Å². The monoisotopic (exact) mass is 267 g/mol. The molecule has 1 aromatic heterocycles. The molecule has 19 heavy (non-hydrogen) atoms. The molecule has 3 amide bonds. The summed E-state index contributed by atoms with van der Waals surface area (Å²) in [6, 6.07) is -0.930. The van der Waals surface area contributed by atoms with Gasteiger partial charge in [-0.25, -0.2) is 4.79 Å². The van der Waals surface area contributed by atoms with E-state index in [1.165, 1.54) is 0 Å². The number of carbonyl (C=O) groups excluding carboxylic acids is 2. The Morgan fingerprint density at radius 1 is 1.47 bits per heavy atom. The Hall–Kier alpha value is -1.89. The Morgan fingerprint density at radius 3 is 2.68 bits per heavy atom. The van der Waals surface area contributed by atoms with Crippen molar-refractivity contribution < 1.29 is 9.59 Å². The molecule has 106 valence electrons. The van der Waals surface area contributed by atoms with Crippen LogP contribution < -0.4 is 16.0 Å². The van der Waals surface area contributed by atoms with E-state index in [0.29, 0.717) is 13.1 Å². The fourth-order valence-corrected chi connectivity index (χ4v) is 1.60. The number of hydrogen-bond donors (Lipinski definition) is 3. The standard InChI is InChI=1S/C12H21N5O2/c1-5-13-12(19)15-11(18)9(3)14-6-10-7-17(4)16-8(10)2/h7,9,14H,5-6H2,1-4H3,(H2,13,15,18,19). The minimum Gasteiger partial charge on any atom is -0.338 e. The van der Waals surface area contributed by atoms with Gasteiger partial charge in [0.2, 0.25) is 5.91 Å². The molecule has 1 heterocycles. The molecule has 0 aliphatic heterocycles. The molecule has 1 aromatic rings. The van der Waals surface area contributed by atoms with Crippen molar-refractivity contribution in [2.75, 3.05) is 6.54 Å². The molecule has 0 radical (unpaired) electrons. The molecule has 0 aliphatic rings. The van der Waals surface area contributed by atoms with Gasteiger partial charge in [0.1, 0.15) is 0 Å². The molecule has 0 aromatic carbocycles. The van der Waals surface area contributed by atoms with Gasteiger partial charge in [-0.3, -0.25) is 14.8 Å². The van der Waals surface area contributed by atoms with E-state index >= 15 is 0 Å². The predicted octanol–water partition coefficient (Wildman–Crippen LogP) is 0.0523. The van der Waals surface area contributed by atoms with Crippen LogP contribution in [0.15, 0.2) is 6.20 Å². The van der Waals surface area contributed by atoms with E-state index in [1.54, 1.807) is 18.5 Å². The maximum absolute atomic E-state index is 11.7. The van der Waals surface area contributed by atoms with Crippen molar-refractivity contribution in [2.45, 2.75) is 33.4 Å². The molecule has 3 N–H and O–H groups in total. The lowest BCUT2D eigenvalue weighted by atomic mass is 10.2. The van der Waals surface area contributed by atoms with Gasteiger partial charge in [-0.2, -0.15) is 5.10 Å². The first-order chi connectivity index (χ1) is 8.93. The predicted molar refractivity (Wildman–Crippen MR) is 71.5 cm³/mol. The van der Waals surface area contributed by atoms with Gasteiger partial charge in [-0.05, 0) is 20.8 Å². The zero-order valence-electron chi connectivity index (χ0n) is 11.8. The van der Waals surface area contributed by atoms with Gasteiger partial charge in [0, 0.05) is 31.9 Å². The van der Waals surface area contributed by atoms with E-state index in [1.807, 2.05) is 20.2 Å². The molecule has 7 heteroatoms. The van der Waals surface area contributed by atoms with Crippen molar-refractivity contribution >= 4 is 11.9 Å². The normalized spacial score (nSPS) is 12.0. The molecule has 1 unspecified atom stereocenters. The Balaban J connectivity index is 2.42. The first kappa shape index (κ1) is 15.2. The van der Waals surface area contributed by atoms with Crippen LogP contribution in [0, 0.1) is 6.92 Å². The molecule has 7 nitrogen and oxygen atoms in total. The number of aromatic nitrogens is 2. The Labute approximate surface area is 112 Å². The van der Waals surface area contributed by atoms with E-state index in [2.05, 4.69) is 21.0 Å². The van der Waals surface area contributed by atoms with E-state index in [9.17, 15) is 9.59 Å². The number of hydrogen-bond acceptors (Lipinski definition) is 4. The zero-order valence-corrected chi connectivity index (χ0v) is 11.8. The average Bonchev–Trinajstić information content (AvgIpc) is 2.64. The summed E-state index contributed by atoms with van der Waals surface area (Å²) in [5, 5.41) is 12.0. The van der Waals surface area contributed by atoms with Gasteiger partial charge in [0.25, 0.3) is 0 Å².